The lowest BCUT2D eigenvalue weighted by atomic mass is 10.1. The quantitative estimate of drug-likeness (QED) is 0.512. The van der Waals surface area contributed by atoms with Crippen molar-refractivity contribution < 1.29 is 14.1 Å². The average molecular weight is 305 g/mol. The predicted octanol–water partition coefficient (Wildman–Crippen LogP) is 3.07. The second-order valence-electron chi connectivity index (χ2n) is 5.46. The zero-order chi connectivity index (χ0) is 15.4. The topological polar surface area (TPSA) is 80.4 Å². The minimum Gasteiger partial charge on any atom is -0.480 e. The number of nitrogens with two attached hydrogens (primary N) is 1. The van der Waals surface area contributed by atoms with Crippen LogP contribution in [-0.4, -0.2) is 32.3 Å². The Bertz CT molecular complexity index is 284. The number of rotatable bonds is 13. The Morgan fingerprint density at radius 1 is 1.05 bits per heavy atom. The molecule has 0 saturated heterocycles. The molecule has 0 heterocycles. The SMILES string of the molecule is CCCCCCCC(CCCC)S(=O)CC(N)C(=O)O. The van der Waals surface area contributed by atoms with Crippen molar-refractivity contribution in [3.05, 3.63) is 0 Å². The second-order valence-corrected chi connectivity index (χ2v) is 7.22. The molecule has 0 aromatic heterocycles. The van der Waals surface area contributed by atoms with Crippen molar-refractivity contribution >= 4 is 16.8 Å². The normalized spacial score (nSPS) is 15.8. The van der Waals surface area contributed by atoms with Gasteiger partial charge < -0.3 is 10.8 Å². The van der Waals surface area contributed by atoms with Gasteiger partial charge in [-0.1, -0.05) is 58.8 Å². The molecule has 120 valence electrons. The molecule has 5 heteroatoms. The van der Waals surface area contributed by atoms with Crippen LogP contribution in [0.25, 0.3) is 0 Å². The molecule has 0 rings (SSSR count). The molecule has 0 fully saturated rings. The molecular weight excluding hydrogens is 274 g/mol. The van der Waals surface area contributed by atoms with Gasteiger partial charge in [0.2, 0.25) is 0 Å². The lowest BCUT2D eigenvalue weighted by Crippen LogP contribution is -2.38. The van der Waals surface area contributed by atoms with Gasteiger partial charge >= 0.3 is 5.97 Å². The molecule has 3 unspecified atom stereocenters. The van der Waals surface area contributed by atoms with Crippen LogP contribution in [0, 0.1) is 0 Å². The summed E-state index contributed by atoms with van der Waals surface area (Å²) in [4.78, 5) is 10.7. The van der Waals surface area contributed by atoms with Gasteiger partial charge in [-0.25, -0.2) is 0 Å². The Balaban J connectivity index is 4.17. The third kappa shape index (κ3) is 9.48. The van der Waals surface area contributed by atoms with E-state index in [-0.39, 0.29) is 11.0 Å². The van der Waals surface area contributed by atoms with Crippen LogP contribution in [0.2, 0.25) is 0 Å². The van der Waals surface area contributed by atoms with E-state index in [9.17, 15) is 9.00 Å². The zero-order valence-corrected chi connectivity index (χ0v) is 13.8. The van der Waals surface area contributed by atoms with Crippen LogP contribution < -0.4 is 5.73 Å². The van der Waals surface area contributed by atoms with Crippen LogP contribution in [0.4, 0.5) is 0 Å². The second kappa shape index (κ2) is 12.3. The van der Waals surface area contributed by atoms with E-state index >= 15 is 0 Å². The highest BCUT2D eigenvalue weighted by molar-refractivity contribution is 7.85. The van der Waals surface area contributed by atoms with Gasteiger partial charge in [0.1, 0.15) is 6.04 Å². The Morgan fingerprint density at radius 2 is 1.60 bits per heavy atom. The van der Waals surface area contributed by atoms with E-state index in [2.05, 4.69) is 13.8 Å². The van der Waals surface area contributed by atoms with Gasteiger partial charge in [0.15, 0.2) is 0 Å². The number of aliphatic carboxylic acids is 1. The molecule has 0 aliphatic heterocycles. The summed E-state index contributed by atoms with van der Waals surface area (Å²) in [6.07, 6.45) is 9.96. The number of unbranched alkanes of at least 4 members (excludes halogenated alkanes) is 5. The standard InChI is InChI=1S/C15H31NO3S/c1-3-5-7-8-9-11-13(10-6-4-2)20(19)12-14(16)15(17)18/h13-14H,3-12,16H2,1-2H3,(H,17,18). The molecule has 3 atom stereocenters. The lowest BCUT2D eigenvalue weighted by molar-refractivity contribution is -0.137. The van der Waals surface area contributed by atoms with Gasteiger partial charge in [-0.05, 0) is 12.8 Å². The van der Waals surface area contributed by atoms with Crippen molar-refractivity contribution in [3.8, 4) is 0 Å². The largest absolute Gasteiger partial charge is 0.480 e. The minimum atomic E-state index is -1.12. The highest BCUT2D eigenvalue weighted by Crippen LogP contribution is 2.17. The summed E-state index contributed by atoms with van der Waals surface area (Å²) >= 11 is 0. The third-order valence-electron chi connectivity index (χ3n) is 3.54. The average Bonchev–Trinajstić information content (AvgIpc) is 2.41. The fourth-order valence-corrected chi connectivity index (χ4v) is 3.83. The molecule has 0 radical (unpaired) electrons. The van der Waals surface area contributed by atoms with Crippen LogP contribution in [0.15, 0.2) is 0 Å². The van der Waals surface area contributed by atoms with Crippen molar-refractivity contribution in [2.75, 3.05) is 5.75 Å². The van der Waals surface area contributed by atoms with Crippen LogP contribution in [0.1, 0.15) is 71.6 Å². The van der Waals surface area contributed by atoms with Crippen LogP contribution >= 0.6 is 0 Å². The molecule has 0 spiro atoms. The van der Waals surface area contributed by atoms with Crippen molar-refractivity contribution in [3.63, 3.8) is 0 Å². The summed E-state index contributed by atoms with van der Waals surface area (Å²) in [6.45, 7) is 4.30. The number of hydrogen-bond donors (Lipinski definition) is 2. The van der Waals surface area contributed by atoms with E-state index in [1.54, 1.807) is 0 Å². The monoisotopic (exact) mass is 305 g/mol. The number of carbonyl (C=O) groups is 1. The molecule has 0 bridgehead atoms. The molecular formula is C15H31NO3S. The van der Waals surface area contributed by atoms with Crippen molar-refractivity contribution in [1.82, 2.24) is 0 Å². The summed E-state index contributed by atoms with van der Waals surface area (Å²) in [7, 11) is -1.12. The molecule has 0 aliphatic rings. The Labute approximate surface area is 126 Å². The van der Waals surface area contributed by atoms with Crippen molar-refractivity contribution in [1.29, 1.82) is 0 Å². The molecule has 20 heavy (non-hydrogen) atoms. The maximum absolute atomic E-state index is 12.3. The first kappa shape index (κ1) is 19.6. The first-order valence-corrected chi connectivity index (χ1v) is 9.26. The Kier molecular flexibility index (Phi) is 12.1. The lowest BCUT2D eigenvalue weighted by Gasteiger charge is -2.17. The zero-order valence-electron chi connectivity index (χ0n) is 13.0. The van der Waals surface area contributed by atoms with E-state index in [1.165, 1.54) is 25.7 Å². The summed E-state index contributed by atoms with van der Waals surface area (Å²) in [6, 6.07) is -1.000. The van der Waals surface area contributed by atoms with Gasteiger partial charge in [-0.2, -0.15) is 0 Å². The Hall–Kier alpha value is -0.420. The van der Waals surface area contributed by atoms with Crippen LogP contribution in [0.5, 0.6) is 0 Å². The number of hydrogen-bond acceptors (Lipinski definition) is 3. The smallest absolute Gasteiger partial charge is 0.321 e. The van der Waals surface area contributed by atoms with Gasteiger partial charge in [0, 0.05) is 21.8 Å². The summed E-state index contributed by atoms with van der Waals surface area (Å²) in [5, 5.41) is 8.92. The van der Waals surface area contributed by atoms with Gasteiger partial charge in [0.05, 0.1) is 0 Å². The first-order chi connectivity index (χ1) is 9.52. The molecule has 0 amide bonds. The number of carboxylic acid groups (broad SMARTS) is 1. The van der Waals surface area contributed by atoms with Gasteiger partial charge in [0.25, 0.3) is 0 Å². The molecule has 0 aromatic carbocycles. The van der Waals surface area contributed by atoms with E-state index in [4.69, 9.17) is 10.8 Å². The number of carboxylic acids is 1. The fourth-order valence-electron chi connectivity index (χ4n) is 2.20. The van der Waals surface area contributed by atoms with Crippen molar-refractivity contribution in [2.45, 2.75) is 82.9 Å². The molecule has 0 aromatic rings. The van der Waals surface area contributed by atoms with E-state index < -0.39 is 22.8 Å². The highest BCUT2D eigenvalue weighted by atomic mass is 32.2. The van der Waals surface area contributed by atoms with E-state index in [1.807, 2.05) is 0 Å². The Morgan fingerprint density at radius 3 is 2.15 bits per heavy atom. The first-order valence-electron chi connectivity index (χ1n) is 7.88. The summed E-state index contributed by atoms with van der Waals surface area (Å²) in [5.41, 5.74) is 5.49. The summed E-state index contributed by atoms with van der Waals surface area (Å²) < 4.78 is 12.3. The predicted molar refractivity (Wildman–Crippen MR) is 85.3 cm³/mol. The maximum atomic E-state index is 12.3. The fraction of sp³-hybridized carbons (Fsp3) is 0.933. The van der Waals surface area contributed by atoms with Crippen LogP contribution in [-0.2, 0) is 15.6 Å². The summed E-state index contributed by atoms with van der Waals surface area (Å²) in [5.74, 6) is -0.978. The minimum absolute atomic E-state index is 0.0820. The molecule has 3 N–H and O–H groups in total. The maximum Gasteiger partial charge on any atom is 0.321 e. The molecule has 0 aliphatic carbocycles. The van der Waals surface area contributed by atoms with Gasteiger partial charge in [-0.15, -0.1) is 0 Å². The molecule has 0 saturated carbocycles. The third-order valence-corrected chi connectivity index (χ3v) is 5.44. The van der Waals surface area contributed by atoms with Crippen LogP contribution in [0.3, 0.4) is 0 Å². The van der Waals surface area contributed by atoms with Gasteiger partial charge in [-0.3, -0.25) is 9.00 Å². The van der Waals surface area contributed by atoms with E-state index in [0.29, 0.717) is 0 Å². The van der Waals surface area contributed by atoms with E-state index in [0.717, 1.165) is 32.1 Å². The van der Waals surface area contributed by atoms with Crippen molar-refractivity contribution in [2.24, 2.45) is 5.73 Å². The molecule has 4 nitrogen and oxygen atoms in total. The highest BCUT2D eigenvalue weighted by Gasteiger charge is 2.21.